The van der Waals surface area contributed by atoms with E-state index >= 15 is 0 Å². The Morgan fingerprint density at radius 2 is 2.03 bits per heavy atom. The van der Waals surface area contributed by atoms with E-state index in [-0.39, 0.29) is 29.5 Å². The van der Waals surface area contributed by atoms with Gasteiger partial charge in [-0.1, -0.05) is 11.8 Å². The summed E-state index contributed by atoms with van der Waals surface area (Å²) in [6.45, 7) is 7.30. The predicted molar refractivity (Wildman–Crippen MR) is 114 cm³/mol. The summed E-state index contributed by atoms with van der Waals surface area (Å²) in [6.07, 6.45) is 1.18. The van der Waals surface area contributed by atoms with Crippen LogP contribution in [0.15, 0.2) is 46.6 Å². The third kappa shape index (κ3) is 4.79. The molecule has 1 aromatic heterocycles. The summed E-state index contributed by atoms with van der Waals surface area (Å²) in [6, 6.07) is 6.08. The van der Waals surface area contributed by atoms with Gasteiger partial charge in [-0.3, -0.25) is 9.59 Å². The number of likely N-dealkylation sites (tertiary alicyclic amines) is 1. The number of nitrogens with zero attached hydrogens (tertiary/aromatic N) is 1. The maximum Gasteiger partial charge on any atom is 0.295 e. The molecule has 0 aliphatic carbocycles. The number of furan rings is 1. The Hall–Kier alpha value is -3.17. The second-order valence-electron chi connectivity index (χ2n) is 8.41. The van der Waals surface area contributed by atoms with Crippen LogP contribution >= 0.6 is 0 Å². The normalized spacial score (nSPS) is 21.2. The van der Waals surface area contributed by atoms with Gasteiger partial charge in [0, 0.05) is 5.57 Å². The Balaban J connectivity index is 1.68. The first-order valence-electron chi connectivity index (χ1n) is 11.0. The van der Waals surface area contributed by atoms with Gasteiger partial charge in [0.1, 0.15) is 24.9 Å². The number of carbonyl (C=O) groups is 2. The van der Waals surface area contributed by atoms with Crippen molar-refractivity contribution in [3.8, 4) is 5.75 Å². The maximum absolute atomic E-state index is 14.5. The number of halogens is 1. The van der Waals surface area contributed by atoms with Crippen LogP contribution in [-0.2, 0) is 14.3 Å². The topological polar surface area (TPSA) is 96.5 Å². The van der Waals surface area contributed by atoms with Crippen LogP contribution in [-0.4, -0.2) is 62.1 Å². The Kier molecular flexibility index (Phi) is 6.80. The van der Waals surface area contributed by atoms with Gasteiger partial charge in [0.25, 0.3) is 5.91 Å². The summed E-state index contributed by atoms with van der Waals surface area (Å²) in [5.74, 6) is -2.73. The molecule has 2 aliphatic rings. The zero-order valence-corrected chi connectivity index (χ0v) is 18.6. The van der Waals surface area contributed by atoms with Crippen LogP contribution in [0.25, 0.3) is 5.76 Å². The Bertz CT molecular complexity index is 1040. The number of rotatable bonds is 7. The molecule has 0 saturated carbocycles. The fourth-order valence-electron chi connectivity index (χ4n) is 4.18. The lowest BCUT2D eigenvalue weighted by Crippen LogP contribution is -3.14. The zero-order valence-electron chi connectivity index (χ0n) is 18.6. The van der Waals surface area contributed by atoms with Crippen LogP contribution in [0.3, 0.4) is 0 Å². The summed E-state index contributed by atoms with van der Waals surface area (Å²) in [4.78, 5) is 28.5. The van der Waals surface area contributed by atoms with Crippen molar-refractivity contribution < 1.29 is 37.9 Å². The molecular weight excluding hydrogens is 431 g/mol. The van der Waals surface area contributed by atoms with Crippen molar-refractivity contribution in [1.82, 2.24) is 4.90 Å². The Labute approximate surface area is 191 Å². The molecule has 0 radical (unpaired) electrons. The number of amides is 1. The Morgan fingerprint density at radius 1 is 1.27 bits per heavy atom. The third-order valence-corrected chi connectivity index (χ3v) is 5.81. The van der Waals surface area contributed by atoms with Crippen molar-refractivity contribution in [2.24, 2.45) is 0 Å². The summed E-state index contributed by atoms with van der Waals surface area (Å²) < 4.78 is 30.8. The highest BCUT2D eigenvalue weighted by atomic mass is 19.1. The van der Waals surface area contributed by atoms with Gasteiger partial charge in [0.05, 0.1) is 38.7 Å². The van der Waals surface area contributed by atoms with Gasteiger partial charge in [-0.25, -0.2) is 4.39 Å². The molecule has 9 heteroatoms. The van der Waals surface area contributed by atoms with E-state index in [1.54, 1.807) is 26.0 Å². The lowest BCUT2D eigenvalue weighted by Gasteiger charge is -2.29. The lowest BCUT2D eigenvalue weighted by atomic mass is 9.99. The van der Waals surface area contributed by atoms with Crippen molar-refractivity contribution >= 4 is 17.4 Å². The van der Waals surface area contributed by atoms with Crippen LogP contribution in [0.1, 0.15) is 31.2 Å². The molecule has 3 heterocycles. The smallest absolute Gasteiger partial charge is 0.295 e. The van der Waals surface area contributed by atoms with Crippen LogP contribution < -0.4 is 14.7 Å². The molecule has 2 aromatic rings. The fraction of sp³-hybridized carbons (Fsp3) is 0.417. The van der Waals surface area contributed by atoms with E-state index in [0.29, 0.717) is 25.5 Å². The minimum absolute atomic E-state index is 0.0121. The van der Waals surface area contributed by atoms with E-state index in [1.165, 1.54) is 28.2 Å². The first kappa shape index (κ1) is 23.0. The molecule has 2 aliphatic heterocycles. The monoisotopic (exact) mass is 458 g/mol. The second kappa shape index (κ2) is 9.76. The van der Waals surface area contributed by atoms with Crippen LogP contribution in [0, 0.1) is 5.82 Å². The average Bonchev–Trinajstić information content (AvgIpc) is 3.41. The van der Waals surface area contributed by atoms with E-state index < -0.39 is 29.3 Å². The van der Waals surface area contributed by atoms with Crippen molar-refractivity contribution in [3.63, 3.8) is 0 Å². The van der Waals surface area contributed by atoms with Crippen LogP contribution in [0.2, 0.25) is 0 Å². The zero-order chi connectivity index (χ0) is 23.5. The number of carbonyl (C=O) groups excluding carboxylic acids is 2. The summed E-state index contributed by atoms with van der Waals surface area (Å²) in [7, 11) is 0. The maximum atomic E-state index is 14.5. The quantitative estimate of drug-likeness (QED) is 0.365. The molecule has 176 valence electrons. The van der Waals surface area contributed by atoms with E-state index in [0.717, 1.165) is 19.2 Å². The number of Topliss-reactive ketones (excluding diaryl/α,β-unsaturated/α-hetero) is 1. The SMILES string of the molecule is CC(C)Oc1ccc(C([O-])=C2C(=O)C(=O)N(CC[NH+]3CCOCC3)C2c2ccco2)cc1F. The van der Waals surface area contributed by atoms with E-state index in [1.807, 2.05) is 0 Å². The van der Waals surface area contributed by atoms with Gasteiger partial charge >= 0.3 is 0 Å². The fourth-order valence-corrected chi connectivity index (χ4v) is 4.18. The van der Waals surface area contributed by atoms with Gasteiger partial charge in [0.15, 0.2) is 11.6 Å². The Morgan fingerprint density at radius 3 is 2.67 bits per heavy atom. The highest BCUT2D eigenvalue weighted by molar-refractivity contribution is 6.46. The van der Waals surface area contributed by atoms with Gasteiger partial charge in [0.2, 0.25) is 5.78 Å². The van der Waals surface area contributed by atoms with E-state index in [9.17, 15) is 19.1 Å². The molecule has 8 nitrogen and oxygen atoms in total. The molecule has 1 aromatic carbocycles. The molecule has 1 unspecified atom stereocenters. The summed E-state index contributed by atoms with van der Waals surface area (Å²) in [5, 5.41) is 13.3. The molecule has 0 bridgehead atoms. The van der Waals surface area contributed by atoms with Crippen molar-refractivity contribution in [2.75, 3.05) is 39.4 Å². The molecular formula is C24H27FN2O6. The van der Waals surface area contributed by atoms with Gasteiger partial charge in [-0.2, -0.15) is 0 Å². The molecule has 0 spiro atoms. The predicted octanol–water partition coefficient (Wildman–Crippen LogP) is 0.345. The molecule has 1 N–H and O–H groups in total. The van der Waals surface area contributed by atoms with Crippen LogP contribution in [0.4, 0.5) is 4.39 Å². The summed E-state index contributed by atoms with van der Waals surface area (Å²) >= 11 is 0. The minimum Gasteiger partial charge on any atom is -0.872 e. The number of morpholine rings is 1. The van der Waals surface area contributed by atoms with Gasteiger partial charge < -0.3 is 28.8 Å². The number of quaternary nitrogens is 1. The molecule has 33 heavy (non-hydrogen) atoms. The molecule has 2 fully saturated rings. The van der Waals surface area contributed by atoms with Crippen molar-refractivity contribution in [2.45, 2.75) is 26.0 Å². The van der Waals surface area contributed by atoms with E-state index in [4.69, 9.17) is 13.9 Å². The standard InChI is InChI=1S/C24H27FN2O6/c1-15(2)33-18-6-5-16(14-17(18)25)22(28)20-21(19-4-3-11-32-19)27(24(30)23(20)29)8-7-26-9-12-31-13-10-26/h3-6,11,14-15,21,28H,7-10,12-13H2,1-2H3. The number of nitrogens with one attached hydrogen (secondary N) is 1. The number of ketones is 1. The average molecular weight is 458 g/mol. The number of ether oxygens (including phenoxy) is 2. The molecule has 1 amide bonds. The molecule has 2 saturated heterocycles. The highest BCUT2D eigenvalue weighted by Gasteiger charge is 2.45. The minimum atomic E-state index is -0.956. The number of hydrogen-bond acceptors (Lipinski definition) is 6. The van der Waals surface area contributed by atoms with Crippen molar-refractivity contribution in [3.05, 3.63) is 59.3 Å². The molecule has 1 atom stereocenters. The summed E-state index contributed by atoms with van der Waals surface area (Å²) in [5.41, 5.74) is -0.263. The van der Waals surface area contributed by atoms with E-state index in [2.05, 4.69) is 0 Å². The lowest BCUT2D eigenvalue weighted by molar-refractivity contribution is -0.907. The first-order valence-corrected chi connectivity index (χ1v) is 11.0. The third-order valence-electron chi connectivity index (χ3n) is 5.81. The highest BCUT2D eigenvalue weighted by Crippen LogP contribution is 2.38. The first-order chi connectivity index (χ1) is 15.9. The second-order valence-corrected chi connectivity index (χ2v) is 8.41. The number of benzene rings is 1. The van der Waals surface area contributed by atoms with Crippen molar-refractivity contribution in [1.29, 1.82) is 0 Å². The van der Waals surface area contributed by atoms with Gasteiger partial charge in [-0.15, -0.1) is 0 Å². The van der Waals surface area contributed by atoms with Gasteiger partial charge in [-0.05, 0) is 43.7 Å². The van der Waals surface area contributed by atoms with Crippen LogP contribution in [0.5, 0.6) is 5.75 Å². The largest absolute Gasteiger partial charge is 0.872 e. The molecule has 4 rings (SSSR count). The number of hydrogen-bond donors (Lipinski definition) is 1.